The van der Waals surface area contributed by atoms with Gasteiger partial charge in [-0.3, -0.25) is 0 Å². The van der Waals surface area contributed by atoms with Gasteiger partial charge in [0.15, 0.2) is 11.6 Å². The zero-order valence-corrected chi connectivity index (χ0v) is 15.1. The van der Waals surface area contributed by atoms with E-state index in [1.807, 2.05) is 68.4 Å². The third-order valence-corrected chi connectivity index (χ3v) is 4.19. The Labute approximate surface area is 157 Å². The lowest BCUT2D eigenvalue weighted by Crippen LogP contribution is -2.03. The van der Waals surface area contributed by atoms with Gasteiger partial charge in [0, 0.05) is 16.8 Å². The molecular formula is C21H19N5O. The Morgan fingerprint density at radius 2 is 1.74 bits per heavy atom. The second kappa shape index (κ2) is 6.92. The topological polar surface area (TPSA) is 86.0 Å². The minimum Gasteiger partial charge on any atom is -0.435 e. The highest BCUT2D eigenvalue weighted by Gasteiger charge is 2.13. The van der Waals surface area contributed by atoms with E-state index in [9.17, 15) is 0 Å². The number of hydrogen-bond donors (Lipinski definition) is 2. The van der Waals surface area contributed by atoms with Crippen molar-refractivity contribution in [3.63, 3.8) is 0 Å². The van der Waals surface area contributed by atoms with Crippen molar-refractivity contribution in [3.05, 3.63) is 72.2 Å². The summed E-state index contributed by atoms with van der Waals surface area (Å²) in [6.45, 7) is 3.98. The number of benzene rings is 2. The molecule has 2 aromatic heterocycles. The SMILES string of the molecule is Cc1ccc(Nc2ncnc(Oc3cccc4ccc(C)nc34)c2N)cc1. The summed E-state index contributed by atoms with van der Waals surface area (Å²) in [6, 6.07) is 17.7. The molecule has 0 spiro atoms. The molecule has 0 radical (unpaired) electrons. The fourth-order valence-electron chi connectivity index (χ4n) is 2.74. The fourth-order valence-corrected chi connectivity index (χ4v) is 2.74. The molecule has 0 fully saturated rings. The summed E-state index contributed by atoms with van der Waals surface area (Å²) in [6.07, 6.45) is 1.42. The maximum atomic E-state index is 6.25. The summed E-state index contributed by atoms with van der Waals surface area (Å²) in [5, 5.41) is 4.19. The molecule has 27 heavy (non-hydrogen) atoms. The first-order chi connectivity index (χ1) is 13.1. The first-order valence-electron chi connectivity index (χ1n) is 8.58. The lowest BCUT2D eigenvalue weighted by molar-refractivity contribution is 0.469. The van der Waals surface area contributed by atoms with Crippen LogP contribution in [0.4, 0.5) is 17.2 Å². The van der Waals surface area contributed by atoms with Gasteiger partial charge in [0.2, 0.25) is 5.88 Å². The lowest BCUT2D eigenvalue weighted by Gasteiger charge is -2.13. The van der Waals surface area contributed by atoms with Crippen LogP contribution in [0.1, 0.15) is 11.3 Å². The Hall–Kier alpha value is -3.67. The molecular weight excluding hydrogens is 338 g/mol. The molecule has 0 atom stereocenters. The van der Waals surface area contributed by atoms with E-state index in [0.29, 0.717) is 17.3 Å². The predicted molar refractivity (Wildman–Crippen MR) is 107 cm³/mol. The fraction of sp³-hybridized carbons (Fsp3) is 0.0952. The molecule has 0 bridgehead atoms. The van der Waals surface area contributed by atoms with E-state index in [1.54, 1.807) is 0 Å². The van der Waals surface area contributed by atoms with Crippen molar-refractivity contribution >= 4 is 28.1 Å². The Morgan fingerprint density at radius 1 is 0.926 bits per heavy atom. The van der Waals surface area contributed by atoms with Crippen molar-refractivity contribution in [2.24, 2.45) is 0 Å². The van der Waals surface area contributed by atoms with E-state index in [0.717, 1.165) is 22.3 Å². The van der Waals surface area contributed by atoms with Gasteiger partial charge in [-0.2, -0.15) is 4.98 Å². The summed E-state index contributed by atoms with van der Waals surface area (Å²) in [7, 11) is 0. The Balaban J connectivity index is 1.67. The van der Waals surface area contributed by atoms with Crippen LogP contribution in [-0.4, -0.2) is 15.0 Å². The van der Waals surface area contributed by atoms with Gasteiger partial charge in [-0.25, -0.2) is 9.97 Å². The van der Waals surface area contributed by atoms with Crippen molar-refractivity contribution in [2.75, 3.05) is 11.1 Å². The molecule has 3 N–H and O–H groups in total. The molecule has 6 nitrogen and oxygen atoms in total. The van der Waals surface area contributed by atoms with Crippen molar-refractivity contribution in [1.29, 1.82) is 0 Å². The number of anilines is 3. The number of nitrogens with one attached hydrogen (secondary N) is 1. The molecule has 6 heteroatoms. The number of ether oxygens (including phenoxy) is 1. The molecule has 134 valence electrons. The summed E-state index contributed by atoms with van der Waals surface area (Å²) in [4.78, 5) is 13.0. The van der Waals surface area contributed by atoms with Crippen molar-refractivity contribution in [2.45, 2.75) is 13.8 Å². The van der Waals surface area contributed by atoms with E-state index in [4.69, 9.17) is 10.5 Å². The normalized spacial score (nSPS) is 10.7. The van der Waals surface area contributed by atoms with Gasteiger partial charge < -0.3 is 15.8 Å². The molecule has 0 aliphatic rings. The molecule has 4 aromatic rings. The monoisotopic (exact) mass is 357 g/mol. The summed E-state index contributed by atoms with van der Waals surface area (Å²) in [5.74, 6) is 1.38. The minimum absolute atomic E-state index is 0.287. The molecule has 0 aliphatic heterocycles. The third-order valence-electron chi connectivity index (χ3n) is 4.19. The smallest absolute Gasteiger partial charge is 0.248 e. The number of nitrogens with zero attached hydrogens (tertiary/aromatic N) is 3. The quantitative estimate of drug-likeness (QED) is 0.548. The van der Waals surface area contributed by atoms with Gasteiger partial charge in [0.25, 0.3) is 0 Å². The molecule has 0 saturated heterocycles. The maximum Gasteiger partial charge on any atom is 0.248 e. The number of aromatic nitrogens is 3. The average Bonchev–Trinajstić information content (AvgIpc) is 2.67. The first-order valence-corrected chi connectivity index (χ1v) is 8.58. The second-order valence-electron chi connectivity index (χ2n) is 6.31. The lowest BCUT2D eigenvalue weighted by atomic mass is 10.2. The van der Waals surface area contributed by atoms with Crippen molar-refractivity contribution in [1.82, 2.24) is 15.0 Å². The van der Waals surface area contributed by atoms with Gasteiger partial charge >= 0.3 is 0 Å². The number of pyridine rings is 1. The Kier molecular flexibility index (Phi) is 4.30. The maximum absolute atomic E-state index is 6.25. The predicted octanol–water partition coefficient (Wildman–Crippen LogP) is 4.76. The van der Waals surface area contributed by atoms with Gasteiger partial charge in [-0.15, -0.1) is 0 Å². The third kappa shape index (κ3) is 3.50. The Morgan fingerprint density at radius 3 is 2.56 bits per heavy atom. The van der Waals surface area contributed by atoms with Gasteiger partial charge in [-0.05, 0) is 38.1 Å². The number of nitrogen functional groups attached to an aromatic ring is 1. The minimum atomic E-state index is 0.287. The van der Waals surface area contributed by atoms with Crippen LogP contribution in [0.5, 0.6) is 11.6 Å². The van der Waals surface area contributed by atoms with Crippen LogP contribution in [0.25, 0.3) is 10.9 Å². The van der Waals surface area contributed by atoms with E-state index in [1.165, 1.54) is 11.9 Å². The van der Waals surface area contributed by atoms with Crippen LogP contribution in [0.3, 0.4) is 0 Å². The highest BCUT2D eigenvalue weighted by molar-refractivity contribution is 5.85. The van der Waals surface area contributed by atoms with E-state index < -0.39 is 0 Å². The first kappa shape index (κ1) is 16.8. The number of nitrogens with two attached hydrogens (primary N) is 1. The number of hydrogen-bond acceptors (Lipinski definition) is 6. The molecule has 0 amide bonds. The highest BCUT2D eigenvalue weighted by Crippen LogP contribution is 2.33. The van der Waals surface area contributed by atoms with Crippen LogP contribution < -0.4 is 15.8 Å². The van der Waals surface area contributed by atoms with Gasteiger partial charge in [-0.1, -0.05) is 35.9 Å². The van der Waals surface area contributed by atoms with Crippen LogP contribution in [0.15, 0.2) is 60.9 Å². The summed E-state index contributed by atoms with van der Waals surface area (Å²) in [5.41, 5.74) is 10.3. The average molecular weight is 357 g/mol. The zero-order chi connectivity index (χ0) is 18.8. The van der Waals surface area contributed by atoms with Crippen LogP contribution in [0.2, 0.25) is 0 Å². The molecule has 0 aliphatic carbocycles. The van der Waals surface area contributed by atoms with Crippen molar-refractivity contribution in [3.8, 4) is 11.6 Å². The number of aryl methyl sites for hydroxylation is 2. The molecule has 0 saturated carbocycles. The highest BCUT2D eigenvalue weighted by atomic mass is 16.5. The van der Waals surface area contributed by atoms with Crippen LogP contribution >= 0.6 is 0 Å². The van der Waals surface area contributed by atoms with Gasteiger partial charge in [0.05, 0.1) is 0 Å². The largest absolute Gasteiger partial charge is 0.435 e. The number of rotatable bonds is 4. The van der Waals surface area contributed by atoms with Crippen molar-refractivity contribution < 1.29 is 4.74 Å². The molecule has 0 unspecified atom stereocenters. The van der Waals surface area contributed by atoms with Gasteiger partial charge in [0.1, 0.15) is 17.5 Å². The standard InChI is InChI=1S/C21H19N5O/c1-13-6-10-16(11-7-13)26-20-18(22)21(24-12-23-20)27-17-5-3-4-15-9-8-14(2)25-19(15)17/h3-12H,22H2,1-2H3,(H,23,24,26). The van der Waals surface area contributed by atoms with E-state index in [2.05, 4.69) is 20.3 Å². The molecule has 4 rings (SSSR count). The van der Waals surface area contributed by atoms with Crippen LogP contribution in [0, 0.1) is 13.8 Å². The molecule has 2 aromatic carbocycles. The van der Waals surface area contributed by atoms with Crippen LogP contribution in [-0.2, 0) is 0 Å². The van der Waals surface area contributed by atoms with E-state index >= 15 is 0 Å². The molecule has 2 heterocycles. The van der Waals surface area contributed by atoms with E-state index in [-0.39, 0.29) is 5.88 Å². The Bertz CT molecular complexity index is 1110. The second-order valence-corrected chi connectivity index (χ2v) is 6.31. The number of fused-ring (bicyclic) bond motifs is 1. The summed E-state index contributed by atoms with van der Waals surface area (Å²) >= 11 is 0. The number of para-hydroxylation sites is 1. The summed E-state index contributed by atoms with van der Waals surface area (Å²) < 4.78 is 6.00. The zero-order valence-electron chi connectivity index (χ0n) is 15.1.